The van der Waals surface area contributed by atoms with Gasteiger partial charge in [-0.15, -0.1) is 0 Å². The van der Waals surface area contributed by atoms with Crippen LogP contribution in [0.25, 0.3) is 5.76 Å². The van der Waals surface area contributed by atoms with Crippen LogP contribution in [0.15, 0.2) is 25.0 Å². The van der Waals surface area contributed by atoms with Crippen molar-refractivity contribution in [3.8, 4) is 0 Å². The highest BCUT2D eigenvalue weighted by Gasteiger charge is 2.05. The van der Waals surface area contributed by atoms with Crippen LogP contribution in [0.4, 0.5) is 0 Å². The van der Waals surface area contributed by atoms with Crippen molar-refractivity contribution < 1.29 is 9.53 Å². The molecular formula is C10H11NO2. The van der Waals surface area contributed by atoms with E-state index in [0.717, 1.165) is 6.29 Å². The average Bonchev–Trinajstić information content (AvgIpc) is 2.18. The molecule has 0 aliphatic heterocycles. The molecule has 0 saturated heterocycles. The van der Waals surface area contributed by atoms with E-state index in [-0.39, 0.29) is 0 Å². The minimum Gasteiger partial charge on any atom is -0.494 e. The lowest BCUT2D eigenvalue weighted by Crippen LogP contribution is -1.95. The Morgan fingerprint density at radius 3 is 3.15 bits per heavy atom. The van der Waals surface area contributed by atoms with Gasteiger partial charge in [-0.2, -0.15) is 0 Å². The lowest BCUT2D eigenvalue weighted by Gasteiger charge is -2.07. The first-order valence-electron chi connectivity index (χ1n) is 4.00. The Kier molecular flexibility index (Phi) is 3.20. The molecule has 0 aliphatic carbocycles. The summed E-state index contributed by atoms with van der Waals surface area (Å²) in [6.07, 6.45) is 3.90. The Labute approximate surface area is 77.1 Å². The number of pyridine rings is 1. The van der Waals surface area contributed by atoms with Crippen LogP contribution < -0.4 is 0 Å². The molecule has 0 aliphatic rings. The number of hydrogen-bond acceptors (Lipinski definition) is 3. The molecule has 0 bridgehead atoms. The van der Waals surface area contributed by atoms with Gasteiger partial charge in [0.1, 0.15) is 5.76 Å². The van der Waals surface area contributed by atoms with E-state index in [1.807, 2.05) is 6.92 Å². The molecule has 1 rings (SSSR count). The number of nitrogens with zero attached hydrogens (tertiary/aromatic N) is 1. The van der Waals surface area contributed by atoms with Gasteiger partial charge < -0.3 is 4.74 Å². The van der Waals surface area contributed by atoms with Crippen LogP contribution >= 0.6 is 0 Å². The Morgan fingerprint density at radius 1 is 1.77 bits per heavy atom. The summed E-state index contributed by atoms with van der Waals surface area (Å²) in [5, 5.41) is 0. The van der Waals surface area contributed by atoms with E-state index in [2.05, 4.69) is 11.6 Å². The second-order valence-corrected chi connectivity index (χ2v) is 2.44. The number of carbonyl (C=O) groups is 1. The molecule has 0 spiro atoms. The summed E-state index contributed by atoms with van der Waals surface area (Å²) in [6.45, 7) is 6.10. The summed E-state index contributed by atoms with van der Waals surface area (Å²) in [6, 6.07) is 1.63. The second-order valence-electron chi connectivity index (χ2n) is 2.44. The fraction of sp³-hybridized carbons (Fsp3) is 0.200. The number of ether oxygens (including phenoxy) is 1. The quantitative estimate of drug-likeness (QED) is 0.521. The highest BCUT2D eigenvalue weighted by molar-refractivity contribution is 5.83. The van der Waals surface area contributed by atoms with Crippen LogP contribution in [0.2, 0.25) is 0 Å². The van der Waals surface area contributed by atoms with Gasteiger partial charge in [-0.1, -0.05) is 6.58 Å². The van der Waals surface area contributed by atoms with E-state index < -0.39 is 0 Å². The number of hydrogen-bond donors (Lipinski definition) is 0. The van der Waals surface area contributed by atoms with Gasteiger partial charge in [0.2, 0.25) is 0 Å². The van der Waals surface area contributed by atoms with E-state index in [0.29, 0.717) is 23.5 Å². The third-order valence-corrected chi connectivity index (χ3v) is 1.60. The lowest BCUT2D eigenvalue weighted by atomic mass is 10.1. The zero-order valence-corrected chi connectivity index (χ0v) is 7.49. The van der Waals surface area contributed by atoms with E-state index in [1.165, 1.54) is 0 Å². The molecule has 1 aromatic rings. The standard InChI is InChI=1S/C10H11NO2/c1-3-13-8(2)10-6-11-5-4-9(10)7-12/h4-7H,2-3H2,1H3. The van der Waals surface area contributed by atoms with Crippen molar-refractivity contribution in [3.63, 3.8) is 0 Å². The lowest BCUT2D eigenvalue weighted by molar-refractivity contribution is 0.112. The molecule has 0 fully saturated rings. The topological polar surface area (TPSA) is 39.2 Å². The summed E-state index contributed by atoms with van der Waals surface area (Å²) in [5.74, 6) is 0.484. The molecule has 13 heavy (non-hydrogen) atoms. The molecular weight excluding hydrogens is 166 g/mol. The minimum absolute atomic E-state index is 0.484. The summed E-state index contributed by atoms with van der Waals surface area (Å²) in [4.78, 5) is 14.5. The molecule has 3 heteroatoms. The van der Waals surface area contributed by atoms with E-state index in [4.69, 9.17) is 4.74 Å². The molecule has 0 unspecified atom stereocenters. The zero-order valence-electron chi connectivity index (χ0n) is 7.49. The van der Waals surface area contributed by atoms with Gasteiger partial charge in [0.05, 0.1) is 6.61 Å². The first kappa shape index (κ1) is 9.45. The highest BCUT2D eigenvalue weighted by atomic mass is 16.5. The Bertz CT molecular complexity index is 320. The minimum atomic E-state index is 0.484. The van der Waals surface area contributed by atoms with E-state index >= 15 is 0 Å². The van der Waals surface area contributed by atoms with Crippen molar-refractivity contribution in [3.05, 3.63) is 36.2 Å². The SMILES string of the molecule is C=C(OCC)c1cnccc1C=O. The Hall–Kier alpha value is -1.64. The van der Waals surface area contributed by atoms with Crippen LogP contribution in [-0.2, 0) is 4.74 Å². The molecule has 0 atom stereocenters. The molecule has 1 aromatic heterocycles. The summed E-state index contributed by atoms with van der Waals surface area (Å²) >= 11 is 0. The summed E-state index contributed by atoms with van der Waals surface area (Å²) in [5.41, 5.74) is 1.20. The maximum absolute atomic E-state index is 10.6. The van der Waals surface area contributed by atoms with Gasteiger partial charge >= 0.3 is 0 Å². The Balaban J connectivity index is 2.98. The molecule has 68 valence electrons. The Morgan fingerprint density at radius 2 is 2.54 bits per heavy atom. The maximum atomic E-state index is 10.6. The number of aromatic nitrogens is 1. The first-order chi connectivity index (χ1) is 6.29. The van der Waals surface area contributed by atoms with Crippen molar-refractivity contribution in [2.24, 2.45) is 0 Å². The summed E-state index contributed by atoms with van der Waals surface area (Å²) in [7, 11) is 0. The van der Waals surface area contributed by atoms with Gasteiger partial charge in [-0.05, 0) is 13.0 Å². The second kappa shape index (κ2) is 4.40. The smallest absolute Gasteiger partial charge is 0.150 e. The predicted molar refractivity (Wildman–Crippen MR) is 50.3 cm³/mol. The monoisotopic (exact) mass is 177 g/mol. The van der Waals surface area contributed by atoms with Gasteiger partial charge in [-0.25, -0.2) is 0 Å². The van der Waals surface area contributed by atoms with Crippen LogP contribution in [0, 0.1) is 0 Å². The van der Waals surface area contributed by atoms with Gasteiger partial charge in [0, 0.05) is 23.5 Å². The van der Waals surface area contributed by atoms with Crippen molar-refractivity contribution in [1.82, 2.24) is 4.98 Å². The van der Waals surface area contributed by atoms with Crippen LogP contribution in [0.3, 0.4) is 0 Å². The number of carbonyl (C=O) groups excluding carboxylic acids is 1. The van der Waals surface area contributed by atoms with Crippen molar-refractivity contribution >= 4 is 12.0 Å². The fourth-order valence-electron chi connectivity index (χ4n) is 0.993. The molecule has 0 aromatic carbocycles. The van der Waals surface area contributed by atoms with Crippen molar-refractivity contribution in [1.29, 1.82) is 0 Å². The molecule has 0 amide bonds. The zero-order chi connectivity index (χ0) is 9.68. The third-order valence-electron chi connectivity index (χ3n) is 1.60. The largest absolute Gasteiger partial charge is 0.494 e. The van der Waals surface area contributed by atoms with Gasteiger partial charge in [0.15, 0.2) is 6.29 Å². The van der Waals surface area contributed by atoms with Crippen LogP contribution in [0.1, 0.15) is 22.8 Å². The van der Waals surface area contributed by atoms with E-state index in [9.17, 15) is 4.79 Å². The van der Waals surface area contributed by atoms with Crippen molar-refractivity contribution in [2.75, 3.05) is 6.61 Å². The van der Waals surface area contributed by atoms with Crippen LogP contribution in [-0.4, -0.2) is 17.9 Å². The molecule has 0 saturated carbocycles. The normalized spacial score (nSPS) is 9.31. The summed E-state index contributed by atoms with van der Waals surface area (Å²) < 4.78 is 5.18. The third kappa shape index (κ3) is 2.15. The molecule has 1 heterocycles. The number of rotatable bonds is 4. The van der Waals surface area contributed by atoms with Gasteiger partial charge in [-0.3, -0.25) is 9.78 Å². The van der Waals surface area contributed by atoms with E-state index in [1.54, 1.807) is 18.5 Å². The molecule has 0 N–H and O–H groups in total. The average molecular weight is 177 g/mol. The highest BCUT2D eigenvalue weighted by Crippen LogP contribution is 2.15. The predicted octanol–water partition coefficient (Wildman–Crippen LogP) is 1.90. The van der Waals surface area contributed by atoms with Gasteiger partial charge in [0.25, 0.3) is 0 Å². The maximum Gasteiger partial charge on any atom is 0.150 e. The van der Waals surface area contributed by atoms with Crippen LogP contribution in [0.5, 0.6) is 0 Å². The number of aldehydes is 1. The molecule has 0 radical (unpaired) electrons. The first-order valence-corrected chi connectivity index (χ1v) is 4.00. The van der Waals surface area contributed by atoms with Crippen molar-refractivity contribution in [2.45, 2.75) is 6.92 Å². The molecule has 3 nitrogen and oxygen atoms in total. The fourth-order valence-corrected chi connectivity index (χ4v) is 0.993.